The predicted molar refractivity (Wildman–Crippen MR) is 43.7 cm³/mol. The molecule has 0 bridgehead atoms. The summed E-state index contributed by atoms with van der Waals surface area (Å²) >= 11 is 0. The lowest BCUT2D eigenvalue weighted by Gasteiger charge is -2.04. The van der Waals surface area contributed by atoms with Crippen LogP contribution in [0.25, 0.3) is 0 Å². The topological polar surface area (TPSA) is 57.4 Å². The third kappa shape index (κ3) is 1.00. The third-order valence-corrected chi connectivity index (χ3v) is 1.87. The number of rotatable bonds is 1. The summed E-state index contributed by atoms with van der Waals surface area (Å²) in [7, 11) is 1.56. The van der Waals surface area contributed by atoms with E-state index in [1.807, 2.05) is 6.07 Å². The van der Waals surface area contributed by atoms with Gasteiger partial charge in [-0.2, -0.15) is 0 Å². The zero-order valence-corrected chi connectivity index (χ0v) is 6.83. The highest BCUT2D eigenvalue weighted by molar-refractivity contribution is 5.51. The summed E-state index contributed by atoms with van der Waals surface area (Å²) in [4.78, 5) is 4.20. The molecule has 12 heavy (non-hydrogen) atoms. The molecule has 0 fully saturated rings. The van der Waals surface area contributed by atoms with E-state index in [4.69, 9.17) is 15.2 Å². The van der Waals surface area contributed by atoms with E-state index in [1.54, 1.807) is 7.11 Å². The molecule has 0 radical (unpaired) electrons. The van der Waals surface area contributed by atoms with Gasteiger partial charge in [0.1, 0.15) is 0 Å². The Morgan fingerprint density at radius 1 is 1.58 bits per heavy atom. The summed E-state index contributed by atoms with van der Waals surface area (Å²) in [6.07, 6.45) is 0. The summed E-state index contributed by atoms with van der Waals surface area (Å²) in [5.74, 6) is 0.485. The van der Waals surface area contributed by atoms with Crippen LogP contribution >= 0.6 is 0 Å². The van der Waals surface area contributed by atoms with Gasteiger partial charge < -0.3 is 15.2 Å². The van der Waals surface area contributed by atoms with Crippen LogP contribution in [0.1, 0.15) is 11.3 Å². The molecule has 0 amide bonds. The Bertz CT molecular complexity index is 311. The van der Waals surface area contributed by atoms with Gasteiger partial charge in [0.05, 0.1) is 31.7 Å². The van der Waals surface area contributed by atoms with Crippen molar-refractivity contribution in [3.63, 3.8) is 0 Å². The normalized spacial score (nSPS) is 14.4. The summed E-state index contributed by atoms with van der Waals surface area (Å²) in [5.41, 5.74) is 8.23. The standard InChI is InChI=1S/C8H10N2O2/c1-11-8-6(9)2-5-3-12-4-7(5)10-8/h2H,3-4,9H2,1H3. The van der Waals surface area contributed by atoms with Crippen LogP contribution in [0.4, 0.5) is 5.69 Å². The van der Waals surface area contributed by atoms with E-state index in [0.717, 1.165) is 11.3 Å². The molecule has 64 valence electrons. The van der Waals surface area contributed by atoms with E-state index >= 15 is 0 Å². The number of aromatic nitrogens is 1. The first-order valence-corrected chi connectivity index (χ1v) is 3.71. The number of anilines is 1. The van der Waals surface area contributed by atoms with E-state index < -0.39 is 0 Å². The van der Waals surface area contributed by atoms with Crippen molar-refractivity contribution < 1.29 is 9.47 Å². The summed E-state index contributed by atoms with van der Waals surface area (Å²) in [5, 5.41) is 0. The number of nitrogens with zero attached hydrogens (tertiary/aromatic N) is 1. The molecule has 2 N–H and O–H groups in total. The summed E-state index contributed by atoms with van der Waals surface area (Å²) < 4.78 is 10.2. The molecule has 0 atom stereocenters. The molecular formula is C8H10N2O2. The molecular weight excluding hydrogens is 156 g/mol. The Labute approximate surface area is 70.3 Å². The maximum absolute atomic E-state index is 5.66. The Kier molecular flexibility index (Phi) is 1.62. The van der Waals surface area contributed by atoms with Crippen LogP contribution in [0.15, 0.2) is 6.07 Å². The lowest BCUT2D eigenvalue weighted by Crippen LogP contribution is -1.99. The lowest BCUT2D eigenvalue weighted by atomic mass is 10.2. The smallest absolute Gasteiger partial charge is 0.237 e. The zero-order valence-electron chi connectivity index (χ0n) is 6.83. The molecule has 4 nitrogen and oxygen atoms in total. The number of nitrogen functional groups attached to an aromatic ring is 1. The lowest BCUT2D eigenvalue weighted by molar-refractivity contribution is 0.133. The van der Waals surface area contributed by atoms with Crippen molar-refractivity contribution in [2.75, 3.05) is 12.8 Å². The van der Waals surface area contributed by atoms with Gasteiger partial charge in [-0.1, -0.05) is 0 Å². The Balaban J connectivity index is 2.49. The number of fused-ring (bicyclic) bond motifs is 1. The molecule has 0 aromatic carbocycles. The van der Waals surface area contributed by atoms with Crippen molar-refractivity contribution in [3.05, 3.63) is 17.3 Å². The number of ether oxygens (including phenoxy) is 2. The molecule has 0 unspecified atom stereocenters. The fourth-order valence-corrected chi connectivity index (χ4v) is 1.26. The van der Waals surface area contributed by atoms with Crippen LogP contribution in [0, 0.1) is 0 Å². The number of hydrogen-bond donors (Lipinski definition) is 1. The van der Waals surface area contributed by atoms with Gasteiger partial charge in [0.25, 0.3) is 0 Å². The predicted octanol–water partition coefficient (Wildman–Crippen LogP) is 0.703. The van der Waals surface area contributed by atoms with E-state index in [0.29, 0.717) is 24.8 Å². The van der Waals surface area contributed by atoms with Gasteiger partial charge in [-0.3, -0.25) is 0 Å². The molecule has 1 aliphatic rings. The second-order valence-electron chi connectivity index (χ2n) is 2.69. The van der Waals surface area contributed by atoms with Gasteiger partial charge in [-0.15, -0.1) is 0 Å². The second-order valence-corrected chi connectivity index (χ2v) is 2.69. The molecule has 0 spiro atoms. The Morgan fingerprint density at radius 3 is 3.17 bits per heavy atom. The van der Waals surface area contributed by atoms with E-state index in [2.05, 4.69) is 4.98 Å². The van der Waals surface area contributed by atoms with Gasteiger partial charge >= 0.3 is 0 Å². The highest BCUT2D eigenvalue weighted by atomic mass is 16.5. The second kappa shape index (κ2) is 2.64. The van der Waals surface area contributed by atoms with Gasteiger partial charge in [0.15, 0.2) is 0 Å². The summed E-state index contributed by atoms with van der Waals surface area (Å²) in [6.45, 7) is 1.17. The molecule has 0 saturated heterocycles. The first-order valence-electron chi connectivity index (χ1n) is 3.71. The van der Waals surface area contributed by atoms with Crippen LogP contribution in [0.3, 0.4) is 0 Å². The van der Waals surface area contributed by atoms with Crippen molar-refractivity contribution in [1.82, 2.24) is 4.98 Å². The molecule has 4 heteroatoms. The first kappa shape index (κ1) is 7.36. The average Bonchev–Trinajstić information content (AvgIpc) is 2.49. The van der Waals surface area contributed by atoms with E-state index in [9.17, 15) is 0 Å². The van der Waals surface area contributed by atoms with E-state index in [1.165, 1.54) is 0 Å². The fraction of sp³-hybridized carbons (Fsp3) is 0.375. The van der Waals surface area contributed by atoms with Crippen LogP contribution in [-0.2, 0) is 18.0 Å². The number of pyridine rings is 1. The third-order valence-electron chi connectivity index (χ3n) is 1.87. The highest BCUT2D eigenvalue weighted by Crippen LogP contribution is 2.26. The number of hydrogen-bond acceptors (Lipinski definition) is 4. The minimum Gasteiger partial charge on any atom is -0.480 e. The number of methoxy groups -OCH3 is 1. The minimum atomic E-state index is 0.485. The average molecular weight is 166 g/mol. The fourth-order valence-electron chi connectivity index (χ4n) is 1.26. The minimum absolute atomic E-state index is 0.485. The monoisotopic (exact) mass is 166 g/mol. The van der Waals surface area contributed by atoms with Crippen molar-refractivity contribution in [2.24, 2.45) is 0 Å². The van der Waals surface area contributed by atoms with Gasteiger partial charge in [-0.25, -0.2) is 4.98 Å². The molecule has 1 aromatic heterocycles. The van der Waals surface area contributed by atoms with Crippen LogP contribution in [0.2, 0.25) is 0 Å². The molecule has 1 aliphatic heterocycles. The Hall–Kier alpha value is -1.29. The van der Waals surface area contributed by atoms with Crippen LogP contribution < -0.4 is 10.5 Å². The van der Waals surface area contributed by atoms with Crippen molar-refractivity contribution >= 4 is 5.69 Å². The Morgan fingerprint density at radius 2 is 2.42 bits per heavy atom. The SMILES string of the molecule is COc1nc2c(cc1N)COC2. The van der Waals surface area contributed by atoms with Gasteiger partial charge in [0, 0.05) is 5.56 Å². The van der Waals surface area contributed by atoms with Gasteiger partial charge in [-0.05, 0) is 6.07 Å². The van der Waals surface area contributed by atoms with Crippen molar-refractivity contribution in [2.45, 2.75) is 13.2 Å². The highest BCUT2D eigenvalue weighted by Gasteiger charge is 2.15. The molecule has 0 saturated carbocycles. The first-order chi connectivity index (χ1) is 5.81. The largest absolute Gasteiger partial charge is 0.480 e. The maximum Gasteiger partial charge on any atom is 0.237 e. The zero-order chi connectivity index (χ0) is 8.55. The molecule has 2 rings (SSSR count). The van der Waals surface area contributed by atoms with Gasteiger partial charge in [0.2, 0.25) is 5.88 Å². The van der Waals surface area contributed by atoms with Crippen molar-refractivity contribution in [3.8, 4) is 5.88 Å². The summed E-state index contributed by atoms with van der Waals surface area (Å²) in [6, 6.07) is 1.86. The maximum atomic E-state index is 5.66. The van der Waals surface area contributed by atoms with Crippen LogP contribution in [-0.4, -0.2) is 12.1 Å². The quantitative estimate of drug-likeness (QED) is 0.667. The van der Waals surface area contributed by atoms with Crippen molar-refractivity contribution in [1.29, 1.82) is 0 Å². The molecule has 2 heterocycles. The molecule has 1 aromatic rings. The number of nitrogens with two attached hydrogens (primary N) is 1. The van der Waals surface area contributed by atoms with Crippen LogP contribution in [0.5, 0.6) is 5.88 Å². The van der Waals surface area contributed by atoms with E-state index in [-0.39, 0.29) is 0 Å². The molecule has 0 aliphatic carbocycles.